The average Bonchev–Trinajstić information content (AvgIpc) is 3.17. The van der Waals surface area contributed by atoms with Crippen LogP contribution in [0.2, 0.25) is 101 Å². The van der Waals surface area contributed by atoms with E-state index in [1.54, 1.807) is 0 Å². The second-order valence-corrected chi connectivity index (χ2v) is 50.2. The SMILES string of the molecule is CCCCC[Si]1(C)O[Si](C)(CCCCC)O[Si](C)(CCCCC)O[Si](C)(CCCCC)O[Si](C)(CCCCC)O[Si](C)(CCCCC)O[Si](C)(CCCCC)O[Si](C)(CCCCC)O1. The van der Waals surface area contributed by atoms with Crippen LogP contribution in [0.25, 0.3) is 0 Å². The monoisotopic (exact) mass is 1040 g/mol. The third-order valence-corrected chi connectivity index (χ3v) is 51.1. The number of hydrogen-bond donors (Lipinski definition) is 0. The van der Waals surface area contributed by atoms with E-state index in [-0.39, 0.29) is 0 Å². The molecule has 0 aromatic carbocycles. The van der Waals surface area contributed by atoms with Gasteiger partial charge in [-0.3, -0.25) is 0 Å². The van der Waals surface area contributed by atoms with E-state index in [1.165, 1.54) is 103 Å². The molecular weight excluding hydrogens is 929 g/mol. The van der Waals surface area contributed by atoms with Crippen molar-refractivity contribution >= 4 is 68.5 Å². The Labute approximate surface area is 409 Å². The largest absolute Gasteiger partial charge is 0.416 e. The van der Waals surface area contributed by atoms with Crippen molar-refractivity contribution in [1.29, 1.82) is 0 Å². The molecule has 8 nitrogen and oxygen atoms in total. The van der Waals surface area contributed by atoms with Gasteiger partial charge >= 0.3 is 68.5 Å². The zero-order valence-electron chi connectivity index (χ0n) is 45.9. The molecule has 64 heavy (non-hydrogen) atoms. The maximum Gasteiger partial charge on any atom is 0.317 e. The van der Waals surface area contributed by atoms with Crippen LogP contribution in [0.3, 0.4) is 0 Å². The summed E-state index contributed by atoms with van der Waals surface area (Å²) in [4.78, 5) is 0. The van der Waals surface area contributed by atoms with Gasteiger partial charge < -0.3 is 32.9 Å². The van der Waals surface area contributed by atoms with Crippen LogP contribution in [0.15, 0.2) is 0 Å². The molecule has 0 unspecified atom stereocenters. The molecule has 384 valence electrons. The quantitative estimate of drug-likeness (QED) is 0.0487. The summed E-state index contributed by atoms with van der Waals surface area (Å²) in [5.41, 5.74) is 0. The normalized spacial score (nSPS) is 33.8. The van der Waals surface area contributed by atoms with Gasteiger partial charge in [-0.25, -0.2) is 0 Å². The predicted molar refractivity (Wildman–Crippen MR) is 296 cm³/mol. The summed E-state index contributed by atoms with van der Waals surface area (Å²) >= 11 is 0. The molecule has 1 heterocycles. The Morgan fingerprint density at radius 2 is 0.266 bits per heavy atom. The summed E-state index contributed by atoms with van der Waals surface area (Å²) in [6, 6.07) is 7.71. The summed E-state index contributed by atoms with van der Waals surface area (Å²) in [5.74, 6) is 0. The van der Waals surface area contributed by atoms with Gasteiger partial charge in [-0.15, -0.1) is 0 Å². The molecule has 1 rings (SSSR count). The Kier molecular flexibility index (Phi) is 32.1. The van der Waals surface area contributed by atoms with Crippen molar-refractivity contribution in [2.75, 3.05) is 0 Å². The summed E-state index contributed by atoms with van der Waals surface area (Å²) in [5, 5.41) is 0. The molecule has 1 aliphatic rings. The molecule has 0 N–H and O–H groups in total. The molecule has 0 radical (unpaired) electrons. The van der Waals surface area contributed by atoms with Crippen LogP contribution in [0, 0.1) is 0 Å². The van der Waals surface area contributed by atoms with Gasteiger partial charge in [-0.05, 0) is 101 Å². The van der Waals surface area contributed by atoms with Gasteiger partial charge in [0, 0.05) is 0 Å². The Morgan fingerprint density at radius 1 is 0.172 bits per heavy atom. The maximum absolute atomic E-state index is 7.95. The average molecular weight is 1040 g/mol. The highest BCUT2D eigenvalue weighted by Gasteiger charge is 2.57. The Morgan fingerprint density at radius 3 is 0.344 bits per heavy atom. The van der Waals surface area contributed by atoms with Crippen molar-refractivity contribution in [3.8, 4) is 0 Å². The standard InChI is InChI=1S/C48H112O8Si8/c1-17-25-33-41-57(9)49-58(10,42-34-26-18-2)51-60(12,44-36-28-20-4)53-62(14,46-38-30-22-6)55-64(16,48-40-32-24-8)56-63(15,47-39-31-23-7)54-61(13,45-37-29-21-5)52-59(11,50-57)43-35-27-19-3/h17-48H2,1-16H3. The number of rotatable bonds is 32. The highest BCUT2D eigenvalue weighted by Crippen LogP contribution is 2.41. The minimum Gasteiger partial charge on any atom is -0.416 e. The zero-order valence-corrected chi connectivity index (χ0v) is 53.9. The summed E-state index contributed by atoms with van der Waals surface area (Å²) < 4.78 is 63.6. The molecule has 0 amide bonds. The van der Waals surface area contributed by atoms with E-state index in [0.29, 0.717) is 0 Å². The van der Waals surface area contributed by atoms with Crippen LogP contribution in [-0.4, -0.2) is 68.5 Å². The van der Waals surface area contributed by atoms with E-state index in [2.05, 4.69) is 108 Å². The van der Waals surface area contributed by atoms with Crippen molar-refractivity contribution in [3.63, 3.8) is 0 Å². The first-order valence-electron chi connectivity index (χ1n) is 27.8. The van der Waals surface area contributed by atoms with Crippen LogP contribution in [-0.2, 0) is 32.9 Å². The first-order valence-corrected chi connectivity index (χ1v) is 47.9. The predicted octanol–water partition coefficient (Wildman–Crippen LogP) is 18.2. The maximum atomic E-state index is 7.95. The molecule has 16 heteroatoms. The van der Waals surface area contributed by atoms with E-state index < -0.39 is 68.5 Å². The fourth-order valence-electron chi connectivity index (χ4n) is 10.2. The fourth-order valence-corrected chi connectivity index (χ4v) is 57.4. The van der Waals surface area contributed by atoms with E-state index in [4.69, 9.17) is 32.9 Å². The van der Waals surface area contributed by atoms with Gasteiger partial charge in [0.25, 0.3) is 0 Å². The van der Waals surface area contributed by atoms with E-state index in [9.17, 15) is 0 Å². The number of hydrogen-bond acceptors (Lipinski definition) is 8. The van der Waals surface area contributed by atoms with E-state index in [1.807, 2.05) is 0 Å². The highest BCUT2D eigenvalue weighted by molar-refractivity contribution is 6.95. The van der Waals surface area contributed by atoms with Gasteiger partial charge in [0.15, 0.2) is 0 Å². The molecule has 0 atom stereocenters. The molecule has 1 saturated heterocycles. The second kappa shape index (κ2) is 32.4. The van der Waals surface area contributed by atoms with E-state index >= 15 is 0 Å². The molecule has 0 aliphatic carbocycles. The first kappa shape index (κ1) is 63.4. The Hall–Kier alpha value is 1.42. The Bertz CT molecular complexity index is 909. The molecule has 1 aliphatic heterocycles. The summed E-state index contributed by atoms with van der Waals surface area (Å²) in [7, 11) is -23.1. The van der Waals surface area contributed by atoms with Crippen molar-refractivity contribution in [3.05, 3.63) is 0 Å². The van der Waals surface area contributed by atoms with E-state index in [0.717, 1.165) is 99.7 Å². The van der Waals surface area contributed by atoms with Crippen molar-refractivity contribution in [2.45, 2.75) is 310 Å². The van der Waals surface area contributed by atoms with Crippen LogP contribution in [0.5, 0.6) is 0 Å². The van der Waals surface area contributed by atoms with Gasteiger partial charge in [-0.2, -0.15) is 0 Å². The zero-order chi connectivity index (χ0) is 48.3. The molecule has 1 fully saturated rings. The summed E-state index contributed by atoms with van der Waals surface area (Å²) in [6.45, 7) is 37.7. The minimum atomic E-state index is -2.88. The van der Waals surface area contributed by atoms with Gasteiger partial charge in [0.2, 0.25) is 0 Å². The van der Waals surface area contributed by atoms with Gasteiger partial charge in [0.05, 0.1) is 0 Å². The lowest BCUT2D eigenvalue weighted by atomic mass is 10.3. The Balaban J connectivity index is 4.46. The lowest BCUT2D eigenvalue weighted by Crippen LogP contribution is -2.67. The molecule has 0 aromatic heterocycles. The highest BCUT2D eigenvalue weighted by atomic mass is 28.5. The smallest absolute Gasteiger partial charge is 0.317 e. The molecule has 0 saturated carbocycles. The third kappa shape index (κ3) is 26.0. The minimum absolute atomic E-state index is 0.963. The lowest BCUT2D eigenvalue weighted by molar-refractivity contribution is 0.222. The molecule has 0 spiro atoms. The first-order chi connectivity index (χ1) is 30.1. The lowest BCUT2D eigenvalue weighted by Gasteiger charge is -2.50. The van der Waals surface area contributed by atoms with Gasteiger partial charge in [0.1, 0.15) is 0 Å². The summed E-state index contributed by atoms with van der Waals surface area (Å²) in [6.07, 6.45) is 27.6. The topological polar surface area (TPSA) is 73.8 Å². The van der Waals surface area contributed by atoms with Crippen LogP contribution in [0.4, 0.5) is 0 Å². The van der Waals surface area contributed by atoms with Crippen molar-refractivity contribution in [1.82, 2.24) is 0 Å². The number of unbranched alkanes of at least 4 members (excludes halogenated alkanes) is 16. The van der Waals surface area contributed by atoms with Crippen molar-refractivity contribution < 1.29 is 32.9 Å². The van der Waals surface area contributed by atoms with Gasteiger partial charge in [-0.1, -0.05) is 209 Å². The molecular formula is C48H112O8Si8. The van der Waals surface area contributed by atoms with Crippen LogP contribution in [0.1, 0.15) is 209 Å². The molecule has 0 bridgehead atoms. The van der Waals surface area contributed by atoms with Crippen molar-refractivity contribution in [2.24, 2.45) is 0 Å². The molecule has 0 aromatic rings. The second-order valence-electron chi connectivity index (χ2n) is 21.5. The third-order valence-electron chi connectivity index (χ3n) is 13.3. The van der Waals surface area contributed by atoms with Crippen LogP contribution >= 0.6 is 0 Å². The van der Waals surface area contributed by atoms with Crippen LogP contribution < -0.4 is 0 Å². The fraction of sp³-hybridized carbons (Fsp3) is 1.00.